The van der Waals surface area contributed by atoms with Crippen molar-refractivity contribution in [3.8, 4) is 0 Å². The second kappa shape index (κ2) is 8.45. The molecule has 0 saturated heterocycles. The third-order valence-electron chi connectivity index (χ3n) is 3.05. The molecule has 1 aromatic carbocycles. The molecule has 0 saturated carbocycles. The number of hydrogen-bond donors (Lipinski definition) is 2. The summed E-state index contributed by atoms with van der Waals surface area (Å²) in [6.45, 7) is 2.09. The molecule has 2 amide bonds. The predicted octanol–water partition coefficient (Wildman–Crippen LogP) is 3.26. The zero-order valence-corrected chi connectivity index (χ0v) is 14.1. The van der Waals surface area contributed by atoms with Crippen molar-refractivity contribution >= 4 is 46.5 Å². The second-order valence-electron chi connectivity index (χ2n) is 4.75. The van der Waals surface area contributed by atoms with Gasteiger partial charge in [0.15, 0.2) is 0 Å². The van der Waals surface area contributed by atoms with Crippen molar-refractivity contribution in [2.75, 3.05) is 11.9 Å². The fourth-order valence-electron chi connectivity index (χ4n) is 1.78. The molecule has 0 fully saturated rings. The standard InChI is InChI=1S/C16H16ClN3O2S/c1-11-13(17)3-2-4-14(11)20-16(22)7-8-18-15(21)6-5-12-9-23-10-19-12/h2-6,9-10H,7-8H2,1H3,(H,18,21)(H,20,22)/b6-5+. The summed E-state index contributed by atoms with van der Waals surface area (Å²) in [6.07, 6.45) is 3.21. The summed E-state index contributed by atoms with van der Waals surface area (Å²) in [5, 5.41) is 7.87. The normalized spacial score (nSPS) is 10.7. The van der Waals surface area contributed by atoms with Crippen molar-refractivity contribution in [2.24, 2.45) is 0 Å². The van der Waals surface area contributed by atoms with Gasteiger partial charge in [-0.15, -0.1) is 11.3 Å². The maximum Gasteiger partial charge on any atom is 0.244 e. The van der Waals surface area contributed by atoms with Crippen molar-refractivity contribution in [3.63, 3.8) is 0 Å². The highest BCUT2D eigenvalue weighted by molar-refractivity contribution is 7.07. The lowest BCUT2D eigenvalue weighted by molar-refractivity contribution is -0.117. The van der Waals surface area contributed by atoms with Gasteiger partial charge in [-0.1, -0.05) is 17.7 Å². The van der Waals surface area contributed by atoms with E-state index in [1.54, 1.807) is 29.8 Å². The molecule has 2 N–H and O–H groups in total. The molecule has 0 aliphatic carbocycles. The Morgan fingerprint density at radius 1 is 1.39 bits per heavy atom. The van der Waals surface area contributed by atoms with Gasteiger partial charge in [0.1, 0.15) is 0 Å². The predicted molar refractivity (Wildman–Crippen MR) is 93.6 cm³/mol. The van der Waals surface area contributed by atoms with E-state index in [0.29, 0.717) is 10.7 Å². The van der Waals surface area contributed by atoms with Gasteiger partial charge < -0.3 is 10.6 Å². The lowest BCUT2D eigenvalue weighted by atomic mass is 10.2. The van der Waals surface area contributed by atoms with Crippen molar-refractivity contribution in [2.45, 2.75) is 13.3 Å². The first-order valence-electron chi connectivity index (χ1n) is 6.95. The van der Waals surface area contributed by atoms with Crippen molar-refractivity contribution < 1.29 is 9.59 Å². The number of rotatable bonds is 6. The SMILES string of the molecule is Cc1c(Cl)cccc1NC(=O)CCNC(=O)/C=C/c1cscn1. The molecule has 5 nitrogen and oxygen atoms in total. The highest BCUT2D eigenvalue weighted by atomic mass is 35.5. The third kappa shape index (κ3) is 5.50. The van der Waals surface area contributed by atoms with Crippen LogP contribution in [0.1, 0.15) is 17.7 Å². The van der Waals surface area contributed by atoms with Crippen LogP contribution in [0.3, 0.4) is 0 Å². The summed E-state index contributed by atoms with van der Waals surface area (Å²) < 4.78 is 0. The lowest BCUT2D eigenvalue weighted by Gasteiger charge is -2.09. The summed E-state index contributed by atoms with van der Waals surface area (Å²) in [5.41, 5.74) is 3.93. The molecule has 0 unspecified atom stereocenters. The fourth-order valence-corrected chi connectivity index (χ4v) is 2.48. The molecule has 0 aliphatic rings. The van der Waals surface area contributed by atoms with Crippen LogP contribution < -0.4 is 10.6 Å². The maximum atomic E-state index is 11.9. The molecule has 7 heteroatoms. The third-order valence-corrected chi connectivity index (χ3v) is 4.06. The van der Waals surface area contributed by atoms with Crippen LogP contribution in [0.25, 0.3) is 6.08 Å². The Hall–Kier alpha value is -2.18. The zero-order chi connectivity index (χ0) is 16.7. The molecule has 2 rings (SSSR count). The number of amides is 2. The first-order chi connectivity index (χ1) is 11.1. The molecular formula is C16H16ClN3O2S. The quantitative estimate of drug-likeness (QED) is 0.786. The number of halogens is 1. The lowest BCUT2D eigenvalue weighted by Crippen LogP contribution is -2.26. The molecule has 0 spiro atoms. The van der Waals surface area contributed by atoms with E-state index in [0.717, 1.165) is 11.3 Å². The molecule has 120 valence electrons. The number of nitrogens with zero attached hydrogens (tertiary/aromatic N) is 1. The number of carbonyl (C=O) groups is 2. The van der Waals surface area contributed by atoms with Gasteiger partial charge in [0, 0.05) is 35.1 Å². The summed E-state index contributed by atoms with van der Waals surface area (Å²) in [6, 6.07) is 5.33. The minimum atomic E-state index is -0.260. The van der Waals surface area contributed by atoms with Crippen LogP contribution >= 0.6 is 22.9 Å². The van der Waals surface area contributed by atoms with Crippen LogP contribution in [-0.4, -0.2) is 23.3 Å². The van der Waals surface area contributed by atoms with Gasteiger partial charge in [-0.3, -0.25) is 9.59 Å². The monoisotopic (exact) mass is 349 g/mol. The average Bonchev–Trinajstić information content (AvgIpc) is 3.03. The number of anilines is 1. The number of benzene rings is 1. The van der Waals surface area contributed by atoms with Crippen molar-refractivity contribution in [1.82, 2.24) is 10.3 Å². The number of hydrogen-bond acceptors (Lipinski definition) is 4. The Kier molecular flexibility index (Phi) is 6.31. The Bertz CT molecular complexity index is 714. The van der Waals surface area contributed by atoms with Crippen LogP contribution in [0, 0.1) is 6.92 Å². The van der Waals surface area contributed by atoms with E-state index < -0.39 is 0 Å². The average molecular weight is 350 g/mol. The number of nitrogens with one attached hydrogen (secondary N) is 2. The molecule has 0 bridgehead atoms. The smallest absolute Gasteiger partial charge is 0.244 e. The first-order valence-corrected chi connectivity index (χ1v) is 8.27. The van der Waals surface area contributed by atoms with Crippen LogP contribution in [0.4, 0.5) is 5.69 Å². The second-order valence-corrected chi connectivity index (χ2v) is 5.87. The molecule has 23 heavy (non-hydrogen) atoms. The van der Waals surface area contributed by atoms with E-state index in [9.17, 15) is 9.59 Å². The van der Waals surface area contributed by atoms with E-state index in [2.05, 4.69) is 15.6 Å². The van der Waals surface area contributed by atoms with Crippen LogP contribution in [0.15, 0.2) is 35.2 Å². The molecule has 0 radical (unpaired) electrons. The zero-order valence-electron chi connectivity index (χ0n) is 12.5. The van der Waals surface area contributed by atoms with Gasteiger partial charge in [0.2, 0.25) is 11.8 Å². The number of thiazole rings is 1. The van der Waals surface area contributed by atoms with E-state index in [1.165, 1.54) is 17.4 Å². The molecule has 0 atom stereocenters. The Morgan fingerprint density at radius 2 is 2.22 bits per heavy atom. The van der Waals surface area contributed by atoms with Crippen LogP contribution in [0.2, 0.25) is 5.02 Å². The minimum Gasteiger partial charge on any atom is -0.352 e. The molecule has 1 heterocycles. The van der Waals surface area contributed by atoms with Gasteiger partial charge in [0.05, 0.1) is 11.2 Å². The fraction of sp³-hybridized carbons (Fsp3) is 0.188. The summed E-state index contributed by atoms with van der Waals surface area (Å²) >= 11 is 7.46. The maximum absolute atomic E-state index is 11.9. The summed E-state index contributed by atoms with van der Waals surface area (Å²) in [7, 11) is 0. The summed E-state index contributed by atoms with van der Waals surface area (Å²) in [5.74, 6) is -0.441. The van der Waals surface area contributed by atoms with Crippen molar-refractivity contribution in [3.05, 3.63) is 51.4 Å². The molecular weight excluding hydrogens is 334 g/mol. The van der Waals surface area contributed by atoms with E-state index in [4.69, 9.17) is 11.6 Å². The van der Waals surface area contributed by atoms with Gasteiger partial charge in [-0.05, 0) is 30.7 Å². The topological polar surface area (TPSA) is 71.1 Å². The Labute approximate surface area is 143 Å². The van der Waals surface area contributed by atoms with Gasteiger partial charge >= 0.3 is 0 Å². The van der Waals surface area contributed by atoms with Gasteiger partial charge in [-0.25, -0.2) is 4.98 Å². The van der Waals surface area contributed by atoms with Crippen LogP contribution in [-0.2, 0) is 9.59 Å². The number of aromatic nitrogens is 1. The first kappa shape index (κ1) is 17.2. The van der Waals surface area contributed by atoms with E-state index in [1.807, 2.05) is 12.3 Å². The van der Waals surface area contributed by atoms with Gasteiger partial charge in [-0.2, -0.15) is 0 Å². The Morgan fingerprint density at radius 3 is 2.96 bits per heavy atom. The highest BCUT2D eigenvalue weighted by Gasteiger charge is 2.07. The minimum absolute atomic E-state index is 0.181. The molecule has 2 aromatic rings. The number of carbonyl (C=O) groups excluding carboxylic acids is 2. The highest BCUT2D eigenvalue weighted by Crippen LogP contribution is 2.22. The Balaban J connectivity index is 1.74. The van der Waals surface area contributed by atoms with Crippen LogP contribution in [0.5, 0.6) is 0 Å². The van der Waals surface area contributed by atoms with E-state index in [-0.39, 0.29) is 24.8 Å². The van der Waals surface area contributed by atoms with Crippen molar-refractivity contribution in [1.29, 1.82) is 0 Å². The van der Waals surface area contributed by atoms with Gasteiger partial charge in [0.25, 0.3) is 0 Å². The molecule has 1 aromatic heterocycles. The largest absolute Gasteiger partial charge is 0.352 e. The molecule has 0 aliphatic heterocycles. The van der Waals surface area contributed by atoms with E-state index >= 15 is 0 Å². The summed E-state index contributed by atoms with van der Waals surface area (Å²) in [4.78, 5) is 27.5.